The molecule has 0 fully saturated rings. The summed E-state index contributed by atoms with van der Waals surface area (Å²) in [6.45, 7) is 6.69. The molecular formula is C15H20FN3O. The van der Waals surface area contributed by atoms with Crippen molar-refractivity contribution in [3.63, 3.8) is 0 Å². The number of nitrogens with zero attached hydrogens (tertiary/aromatic N) is 2. The maximum atomic E-state index is 13.4. The zero-order valence-electron chi connectivity index (χ0n) is 12.1. The zero-order valence-corrected chi connectivity index (χ0v) is 12.1. The molecule has 2 aromatic rings. The minimum atomic E-state index is -0.373. The van der Waals surface area contributed by atoms with Gasteiger partial charge in [0.2, 0.25) is 0 Å². The number of benzene rings is 1. The number of anilines is 1. The number of aromatic nitrogens is 2. The van der Waals surface area contributed by atoms with Crippen molar-refractivity contribution in [2.75, 3.05) is 5.73 Å². The van der Waals surface area contributed by atoms with Crippen LogP contribution in [0.4, 0.5) is 10.1 Å². The lowest BCUT2D eigenvalue weighted by molar-refractivity contribution is 0.517. The summed E-state index contributed by atoms with van der Waals surface area (Å²) >= 11 is 0. The molecule has 0 amide bonds. The van der Waals surface area contributed by atoms with E-state index in [1.54, 1.807) is 12.1 Å². The van der Waals surface area contributed by atoms with Gasteiger partial charge in [0.05, 0.1) is 11.4 Å². The topological polar surface area (TPSA) is 52.9 Å². The third-order valence-electron chi connectivity index (χ3n) is 3.24. The highest BCUT2D eigenvalue weighted by Gasteiger charge is 2.18. The number of nitrogen functional groups attached to an aromatic ring is 1. The molecule has 0 aliphatic rings. The van der Waals surface area contributed by atoms with Crippen molar-refractivity contribution in [1.29, 1.82) is 0 Å². The van der Waals surface area contributed by atoms with Gasteiger partial charge in [-0.1, -0.05) is 19.9 Å². The van der Waals surface area contributed by atoms with Crippen molar-refractivity contribution < 1.29 is 4.39 Å². The first kappa shape index (κ1) is 14.4. The van der Waals surface area contributed by atoms with E-state index in [9.17, 15) is 9.18 Å². The van der Waals surface area contributed by atoms with Gasteiger partial charge in [0, 0.05) is 6.54 Å². The van der Waals surface area contributed by atoms with Gasteiger partial charge < -0.3 is 5.73 Å². The highest BCUT2D eigenvalue weighted by Crippen LogP contribution is 2.17. The van der Waals surface area contributed by atoms with Crippen LogP contribution in [0.25, 0.3) is 5.69 Å². The summed E-state index contributed by atoms with van der Waals surface area (Å²) in [6.07, 6.45) is 0.719. The van der Waals surface area contributed by atoms with E-state index in [1.165, 1.54) is 16.8 Å². The summed E-state index contributed by atoms with van der Waals surface area (Å²) in [5, 5.41) is 0. The largest absolute Gasteiger partial charge is 0.393 e. The Kier molecular flexibility index (Phi) is 3.97. The first-order chi connectivity index (χ1) is 9.45. The van der Waals surface area contributed by atoms with Crippen LogP contribution in [0.3, 0.4) is 0 Å². The van der Waals surface area contributed by atoms with Gasteiger partial charge in [-0.3, -0.25) is 9.48 Å². The van der Waals surface area contributed by atoms with Gasteiger partial charge in [0.15, 0.2) is 0 Å². The molecule has 0 aliphatic heterocycles. The Bertz CT molecular complexity index is 670. The Morgan fingerprint density at radius 3 is 2.60 bits per heavy atom. The monoisotopic (exact) mass is 277 g/mol. The van der Waals surface area contributed by atoms with Crippen molar-refractivity contribution >= 4 is 5.69 Å². The second kappa shape index (κ2) is 5.53. The van der Waals surface area contributed by atoms with Gasteiger partial charge in [0.25, 0.3) is 5.56 Å². The molecule has 0 spiro atoms. The normalized spacial score (nSPS) is 11.2. The molecule has 0 saturated carbocycles. The van der Waals surface area contributed by atoms with Crippen molar-refractivity contribution in [3.05, 3.63) is 46.1 Å². The van der Waals surface area contributed by atoms with E-state index in [0.29, 0.717) is 18.2 Å². The van der Waals surface area contributed by atoms with E-state index in [-0.39, 0.29) is 17.1 Å². The SMILES string of the molecule is CCn1c(CC(C)C)c(N)c(=O)n1-c1cccc(F)c1. The minimum Gasteiger partial charge on any atom is -0.393 e. The zero-order chi connectivity index (χ0) is 14.9. The molecule has 1 aromatic carbocycles. The van der Waals surface area contributed by atoms with Crippen LogP contribution in [0.5, 0.6) is 0 Å². The van der Waals surface area contributed by atoms with Crippen LogP contribution in [0.2, 0.25) is 0 Å². The van der Waals surface area contributed by atoms with Crippen molar-refractivity contribution in [2.24, 2.45) is 5.92 Å². The summed E-state index contributed by atoms with van der Waals surface area (Å²) in [7, 11) is 0. The fourth-order valence-electron chi connectivity index (χ4n) is 2.41. The maximum Gasteiger partial charge on any atom is 0.294 e. The molecule has 108 valence electrons. The smallest absolute Gasteiger partial charge is 0.294 e. The van der Waals surface area contributed by atoms with E-state index < -0.39 is 0 Å². The molecule has 0 radical (unpaired) electrons. The van der Waals surface area contributed by atoms with Crippen LogP contribution in [0.1, 0.15) is 26.5 Å². The van der Waals surface area contributed by atoms with Crippen LogP contribution < -0.4 is 11.3 Å². The molecule has 20 heavy (non-hydrogen) atoms. The molecule has 5 heteroatoms. The van der Waals surface area contributed by atoms with Crippen LogP contribution >= 0.6 is 0 Å². The highest BCUT2D eigenvalue weighted by atomic mass is 19.1. The Morgan fingerprint density at radius 1 is 1.35 bits per heavy atom. The third kappa shape index (κ3) is 2.48. The minimum absolute atomic E-state index is 0.254. The van der Waals surface area contributed by atoms with Crippen LogP contribution in [-0.2, 0) is 13.0 Å². The molecule has 1 heterocycles. The molecule has 4 nitrogen and oxygen atoms in total. The first-order valence-corrected chi connectivity index (χ1v) is 6.81. The van der Waals surface area contributed by atoms with Gasteiger partial charge in [-0.15, -0.1) is 0 Å². The molecular weight excluding hydrogens is 257 g/mol. The summed E-state index contributed by atoms with van der Waals surface area (Å²) in [5.41, 5.74) is 7.24. The van der Waals surface area contributed by atoms with E-state index in [0.717, 1.165) is 12.1 Å². The van der Waals surface area contributed by atoms with Gasteiger partial charge in [-0.05, 0) is 37.5 Å². The number of rotatable bonds is 4. The fourth-order valence-corrected chi connectivity index (χ4v) is 2.41. The molecule has 0 atom stereocenters. The number of halogens is 1. The lowest BCUT2D eigenvalue weighted by Crippen LogP contribution is -2.22. The standard InChI is InChI=1S/C15H20FN3O/c1-4-18-13(8-10(2)3)14(17)15(20)19(18)12-7-5-6-11(16)9-12/h5-7,9-10H,4,8,17H2,1-3H3. The Labute approximate surface area is 117 Å². The van der Waals surface area contributed by atoms with Gasteiger partial charge in [-0.25, -0.2) is 9.07 Å². The summed E-state index contributed by atoms with van der Waals surface area (Å²) in [5.74, 6) is 0.0140. The summed E-state index contributed by atoms with van der Waals surface area (Å²) in [6, 6.07) is 5.98. The van der Waals surface area contributed by atoms with Crippen molar-refractivity contribution in [1.82, 2.24) is 9.36 Å². The molecule has 2 N–H and O–H groups in total. The number of hydrogen-bond acceptors (Lipinski definition) is 2. The van der Waals surface area contributed by atoms with E-state index >= 15 is 0 Å². The number of hydrogen-bond donors (Lipinski definition) is 1. The van der Waals surface area contributed by atoms with Crippen molar-refractivity contribution in [2.45, 2.75) is 33.7 Å². The highest BCUT2D eigenvalue weighted by molar-refractivity contribution is 5.45. The predicted molar refractivity (Wildman–Crippen MR) is 78.6 cm³/mol. The molecule has 0 unspecified atom stereocenters. The van der Waals surface area contributed by atoms with Crippen LogP contribution in [0, 0.1) is 11.7 Å². The van der Waals surface area contributed by atoms with Gasteiger partial charge in [-0.2, -0.15) is 0 Å². The average molecular weight is 277 g/mol. The Hall–Kier alpha value is -2.04. The van der Waals surface area contributed by atoms with E-state index in [4.69, 9.17) is 5.73 Å². The van der Waals surface area contributed by atoms with E-state index in [2.05, 4.69) is 13.8 Å². The summed E-state index contributed by atoms with van der Waals surface area (Å²) in [4.78, 5) is 12.4. The Balaban J connectivity index is 2.67. The van der Waals surface area contributed by atoms with Crippen molar-refractivity contribution in [3.8, 4) is 5.69 Å². The molecule has 0 saturated heterocycles. The lowest BCUT2D eigenvalue weighted by atomic mass is 10.1. The molecule has 0 bridgehead atoms. The molecule has 2 rings (SSSR count). The second-order valence-corrected chi connectivity index (χ2v) is 5.27. The second-order valence-electron chi connectivity index (χ2n) is 5.27. The Morgan fingerprint density at radius 2 is 2.05 bits per heavy atom. The van der Waals surface area contributed by atoms with Gasteiger partial charge in [0.1, 0.15) is 11.5 Å². The van der Waals surface area contributed by atoms with Gasteiger partial charge >= 0.3 is 0 Å². The fraction of sp³-hybridized carbons (Fsp3) is 0.400. The van der Waals surface area contributed by atoms with Crippen LogP contribution in [0.15, 0.2) is 29.1 Å². The number of nitrogens with two attached hydrogens (primary N) is 1. The first-order valence-electron chi connectivity index (χ1n) is 6.81. The predicted octanol–water partition coefficient (Wildman–Crippen LogP) is 2.58. The van der Waals surface area contributed by atoms with E-state index in [1.807, 2.05) is 11.6 Å². The maximum absolute atomic E-state index is 13.4. The molecule has 1 aromatic heterocycles. The average Bonchev–Trinajstić information content (AvgIpc) is 2.62. The van der Waals surface area contributed by atoms with Crippen LogP contribution in [-0.4, -0.2) is 9.36 Å². The molecule has 0 aliphatic carbocycles. The lowest BCUT2D eigenvalue weighted by Gasteiger charge is -2.14. The summed E-state index contributed by atoms with van der Waals surface area (Å²) < 4.78 is 16.7. The quantitative estimate of drug-likeness (QED) is 0.934. The third-order valence-corrected chi connectivity index (χ3v) is 3.24.